The molecule has 9 heavy (non-hydrogen) atoms. The van der Waals surface area contributed by atoms with Crippen LogP contribution in [0.15, 0.2) is 0 Å². The molecule has 0 saturated carbocycles. The molecule has 0 heterocycles. The van der Waals surface area contributed by atoms with Crippen molar-refractivity contribution < 1.29 is 8.42 Å². The normalized spacial score (nSPS) is 15.4. The third-order valence-electron chi connectivity index (χ3n) is 0.914. The van der Waals surface area contributed by atoms with Crippen molar-refractivity contribution in [2.24, 2.45) is 0 Å². The second-order valence-electron chi connectivity index (χ2n) is 2.02. The van der Waals surface area contributed by atoms with Crippen molar-refractivity contribution in [2.75, 3.05) is 6.26 Å². The van der Waals surface area contributed by atoms with Crippen LogP contribution >= 0.6 is 10.8 Å². The lowest BCUT2D eigenvalue weighted by atomic mass is 10.4. The maximum absolute atomic E-state index is 10.6. The summed E-state index contributed by atoms with van der Waals surface area (Å²) < 4.78 is 21.1. The van der Waals surface area contributed by atoms with Crippen LogP contribution in [0.5, 0.6) is 0 Å². The van der Waals surface area contributed by atoms with E-state index >= 15 is 0 Å². The molecular formula is C5H12O2S2. The molecule has 0 fully saturated rings. The van der Waals surface area contributed by atoms with E-state index < -0.39 is 8.87 Å². The van der Waals surface area contributed by atoms with Crippen molar-refractivity contribution in [3.8, 4) is 0 Å². The smallest absolute Gasteiger partial charge is 0.198 e. The summed E-state index contributed by atoms with van der Waals surface area (Å²) in [5.74, 6) is 0. The van der Waals surface area contributed by atoms with Gasteiger partial charge in [0.25, 0.3) is 0 Å². The van der Waals surface area contributed by atoms with Crippen LogP contribution in [0, 0.1) is 0 Å². The van der Waals surface area contributed by atoms with E-state index in [-0.39, 0.29) is 5.25 Å². The molecule has 1 atom stereocenters. The van der Waals surface area contributed by atoms with E-state index in [4.69, 9.17) is 0 Å². The first kappa shape index (κ1) is 9.30. The molecule has 0 radical (unpaired) electrons. The molecule has 0 aromatic heterocycles. The first-order chi connectivity index (χ1) is 3.95. The summed E-state index contributed by atoms with van der Waals surface area (Å²) in [6.45, 7) is 3.88. The van der Waals surface area contributed by atoms with Gasteiger partial charge in [-0.15, -0.1) is 0 Å². The Morgan fingerprint density at radius 3 is 2.11 bits per heavy atom. The van der Waals surface area contributed by atoms with Crippen LogP contribution in [0.2, 0.25) is 0 Å². The summed E-state index contributed by atoms with van der Waals surface area (Å²) in [4.78, 5) is 0. The predicted octanol–water partition coefficient (Wildman–Crippen LogP) is 1.48. The number of rotatable bonds is 3. The first-order valence-corrected chi connectivity index (χ1v) is 6.12. The zero-order valence-corrected chi connectivity index (χ0v) is 7.55. The molecule has 0 rings (SSSR count). The van der Waals surface area contributed by atoms with Crippen molar-refractivity contribution in [3.63, 3.8) is 0 Å². The SMILES string of the molecule is CCC(C)SS(C)(=O)=O. The Hall–Kier alpha value is 0.300. The quantitative estimate of drug-likeness (QED) is 0.599. The highest BCUT2D eigenvalue weighted by Gasteiger charge is 2.07. The standard InChI is InChI=1S/C5H12O2S2/c1-4-5(2)8-9(3,6)7/h5H,4H2,1-3H3. The molecule has 0 N–H and O–H groups in total. The minimum Gasteiger partial charge on any atom is -0.218 e. The fraction of sp³-hybridized carbons (Fsp3) is 1.00. The summed E-state index contributed by atoms with van der Waals surface area (Å²) in [5, 5.41) is 0.222. The van der Waals surface area contributed by atoms with Gasteiger partial charge in [0.05, 0.1) is 0 Å². The van der Waals surface area contributed by atoms with Crippen LogP contribution in [0.4, 0.5) is 0 Å². The third kappa shape index (κ3) is 6.18. The molecule has 2 nitrogen and oxygen atoms in total. The van der Waals surface area contributed by atoms with Crippen molar-refractivity contribution in [2.45, 2.75) is 25.5 Å². The van der Waals surface area contributed by atoms with E-state index in [1.54, 1.807) is 0 Å². The zero-order valence-electron chi connectivity index (χ0n) is 5.92. The highest BCUT2D eigenvalue weighted by atomic mass is 33.1. The Balaban J connectivity index is 3.75. The second-order valence-corrected chi connectivity index (χ2v) is 6.82. The van der Waals surface area contributed by atoms with Gasteiger partial charge in [-0.1, -0.05) is 13.8 Å². The van der Waals surface area contributed by atoms with E-state index in [0.717, 1.165) is 17.2 Å². The zero-order chi connectivity index (χ0) is 7.49. The molecule has 0 aromatic carbocycles. The Labute approximate surface area is 60.3 Å². The summed E-state index contributed by atoms with van der Waals surface area (Å²) in [7, 11) is -1.79. The molecule has 0 aliphatic rings. The van der Waals surface area contributed by atoms with Gasteiger partial charge in [-0.25, -0.2) is 8.42 Å². The highest BCUT2D eigenvalue weighted by Crippen LogP contribution is 2.18. The van der Waals surface area contributed by atoms with Crippen LogP contribution in [0.1, 0.15) is 20.3 Å². The average Bonchev–Trinajstić information content (AvgIpc) is 1.62. The Morgan fingerprint density at radius 1 is 1.56 bits per heavy atom. The van der Waals surface area contributed by atoms with Gasteiger partial charge in [0.2, 0.25) is 0 Å². The summed E-state index contributed by atoms with van der Waals surface area (Å²) in [5.41, 5.74) is 0. The third-order valence-corrected chi connectivity index (χ3v) is 3.96. The van der Waals surface area contributed by atoms with Gasteiger partial charge in [0.15, 0.2) is 8.87 Å². The Kier molecular flexibility index (Phi) is 3.58. The van der Waals surface area contributed by atoms with E-state index in [2.05, 4.69) is 0 Å². The van der Waals surface area contributed by atoms with Gasteiger partial charge in [-0.3, -0.25) is 0 Å². The van der Waals surface area contributed by atoms with Crippen LogP contribution in [-0.2, 0) is 8.87 Å². The van der Waals surface area contributed by atoms with Gasteiger partial charge in [0, 0.05) is 11.5 Å². The Morgan fingerprint density at radius 2 is 2.00 bits per heavy atom. The van der Waals surface area contributed by atoms with Gasteiger partial charge in [-0.05, 0) is 17.2 Å². The lowest BCUT2D eigenvalue weighted by Crippen LogP contribution is -1.98. The maximum atomic E-state index is 10.6. The fourth-order valence-electron chi connectivity index (χ4n) is 0.366. The van der Waals surface area contributed by atoms with E-state index in [9.17, 15) is 8.42 Å². The molecule has 0 bridgehead atoms. The Bertz CT molecular complexity index is 160. The maximum Gasteiger partial charge on any atom is 0.198 e. The monoisotopic (exact) mass is 168 g/mol. The van der Waals surface area contributed by atoms with Gasteiger partial charge in [0.1, 0.15) is 0 Å². The summed E-state index contributed by atoms with van der Waals surface area (Å²) >= 11 is 0. The molecule has 1 unspecified atom stereocenters. The highest BCUT2D eigenvalue weighted by molar-refractivity contribution is 8.72. The van der Waals surface area contributed by atoms with Crippen LogP contribution in [0.3, 0.4) is 0 Å². The molecule has 0 saturated heterocycles. The predicted molar refractivity (Wildman–Crippen MR) is 42.2 cm³/mol. The molecule has 0 aliphatic carbocycles. The van der Waals surface area contributed by atoms with E-state index in [1.165, 1.54) is 6.26 Å². The molecule has 0 aliphatic heterocycles. The minimum absolute atomic E-state index is 0.222. The topological polar surface area (TPSA) is 34.1 Å². The van der Waals surface area contributed by atoms with Crippen LogP contribution < -0.4 is 0 Å². The fourth-order valence-corrected chi connectivity index (χ4v) is 3.30. The van der Waals surface area contributed by atoms with Gasteiger partial charge >= 0.3 is 0 Å². The van der Waals surface area contributed by atoms with Crippen molar-refractivity contribution >= 4 is 19.7 Å². The molecular weight excluding hydrogens is 156 g/mol. The van der Waals surface area contributed by atoms with Crippen LogP contribution in [-0.4, -0.2) is 19.9 Å². The average molecular weight is 168 g/mol. The van der Waals surface area contributed by atoms with E-state index in [0.29, 0.717) is 0 Å². The second kappa shape index (κ2) is 3.46. The largest absolute Gasteiger partial charge is 0.218 e. The van der Waals surface area contributed by atoms with Gasteiger partial charge < -0.3 is 0 Å². The lowest BCUT2D eigenvalue weighted by molar-refractivity contribution is 0.615. The van der Waals surface area contributed by atoms with Crippen LogP contribution in [0.25, 0.3) is 0 Å². The molecule has 0 aromatic rings. The van der Waals surface area contributed by atoms with Crippen molar-refractivity contribution in [1.82, 2.24) is 0 Å². The van der Waals surface area contributed by atoms with Crippen molar-refractivity contribution in [1.29, 1.82) is 0 Å². The number of hydrogen-bond donors (Lipinski definition) is 0. The lowest BCUT2D eigenvalue weighted by Gasteiger charge is -2.03. The molecule has 4 heteroatoms. The van der Waals surface area contributed by atoms with Crippen molar-refractivity contribution in [3.05, 3.63) is 0 Å². The first-order valence-electron chi connectivity index (χ1n) is 2.84. The number of hydrogen-bond acceptors (Lipinski definition) is 3. The molecule has 56 valence electrons. The molecule has 0 amide bonds. The summed E-state index contributed by atoms with van der Waals surface area (Å²) in [6, 6.07) is 0. The minimum atomic E-state index is -2.82. The molecule has 0 spiro atoms. The van der Waals surface area contributed by atoms with Gasteiger partial charge in [-0.2, -0.15) is 0 Å². The van der Waals surface area contributed by atoms with E-state index in [1.807, 2.05) is 13.8 Å². The summed E-state index contributed by atoms with van der Waals surface area (Å²) in [6.07, 6.45) is 2.14.